The highest BCUT2D eigenvalue weighted by atomic mass is 16.3. The predicted molar refractivity (Wildman–Crippen MR) is 70.1 cm³/mol. The maximum atomic E-state index is 11.7. The van der Waals surface area contributed by atoms with Crippen LogP contribution in [-0.2, 0) is 0 Å². The Kier molecular flexibility index (Phi) is 4.09. The number of benzene rings is 1. The molecule has 1 aromatic heterocycles. The van der Waals surface area contributed by atoms with Gasteiger partial charge >= 0.3 is 6.03 Å². The van der Waals surface area contributed by atoms with Gasteiger partial charge in [-0.2, -0.15) is 0 Å². The molecule has 0 saturated heterocycles. The van der Waals surface area contributed by atoms with E-state index in [1.54, 1.807) is 36.3 Å². The maximum Gasteiger partial charge on any atom is 0.321 e. The second kappa shape index (κ2) is 5.96. The van der Waals surface area contributed by atoms with Gasteiger partial charge in [0.2, 0.25) is 0 Å². The zero-order valence-corrected chi connectivity index (χ0v) is 10.5. The number of aliphatic hydroxyl groups is 1. The molecule has 0 aliphatic rings. The van der Waals surface area contributed by atoms with Crippen molar-refractivity contribution in [3.05, 3.63) is 36.7 Å². The molecule has 2 aromatic rings. The summed E-state index contributed by atoms with van der Waals surface area (Å²) in [5.74, 6) is 0. The molecule has 0 radical (unpaired) electrons. The van der Waals surface area contributed by atoms with Crippen LogP contribution in [0.2, 0.25) is 0 Å². The van der Waals surface area contributed by atoms with Crippen LogP contribution in [0.3, 0.4) is 0 Å². The van der Waals surface area contributed by atoms with Crippen LogP contribution in [0.4, 0.5) is 10.5 Å². The molecule has 0 spiro atoms. The number of carbonyl (C=O) groups is 1. The molecule has 1 aromatic carbocycles. The molecule has 0 unspecified atom stereocenters. The Morgan fingerprint density at radius 2 is 2.16 bits per heavy atom. The summed E-state index contributed by atoms with van der Waals surface area (Å²) in [5.41, 5.74) is 1.54. The summed E-state index contributed by atoms with van der Waals surface area (Å²) in [6, 6.07) is 6.96. The lowest BCUT2D eigenvalue weighted by molar-refractivity contribution is 0.202. The van der Waals surface area contributed by atoms with Gasteiger partial charge in [0.25, 0.3) is 0 Å². The number of hydrogen-bond acceptors (Lipinski definition) is 4. The van der Waals surface area contributed by atoms with Gasteiger partial charge in [-0.05, 0) is 24.3 Å². The fraction of sp³-hybridized carbons (Fsp3) is 0.250. The molecule has 0 bridgehead atoms. The first kappa shape index (κ1) is 13.0. The topological polar surface area (TPSA) is 83.3 Å². The normalized spacial score (nSPS) is 10.2. The van der Waals surface area contributed by atoms with Gasteiger partial charge in [-0.25, -0.2) is 9.48 Å². The van der Waals surface area contributed by atoms with Gasteiger partial charge in [0, 0.05) is 19.3 Å². The summed E-state index contributed by atoms with van der Waals surface area (Å²) in [5, 5.41) is 19.1. The van der Waals surface area contributed by atoms with Crippen molar-refractivity contribution in [3.63, 3.8) is 0 Å². The number of amides is 2. The van der Waals surface area contributed by atoms with Gasteiger partial charge in [-0.1, -0.05) is 5.21 Å². The van der Waals surface area contributed by atoms with Crippen LogP contribution in [0.25, 0.3) is 5.69 Å². The zero-order chi connectivity index (χ0) is 13.7. The van der Waals surface area contributed by atoms with Crippen LogP contribution in [0.15, 0.2) is 36.7 Å². The summed E-state index contributed by atoms with van der Waals surface area (Å²) in [6.45, 7) is 0.234. The second-order valence-electron chi connectivity index (χ2n) is 3.97. The maximum absolute atomic E-state index is 11.7. The molecule has 0 aliphatic heterocycles. The molecular formula is C12H15N5O2. The van der Waals surface area contributed by atoms with Crippen molar-refractivity contribution in [3.8, 4) is 5.69 Å². The third kappa shape index (κ3) is 3.29. The minimum absolute atomic E-state index is 0.0604. The summed E-state index contributed by atoms with van der Waals surface area (Å²) in [6.07, 6.45) is 3.34. The number of aromatic nitrogens is 3. The first-order valence-electron chi connectivity index (χ1n) is 5.80. The number of aliphatic hydroxyl groups excluding tert-OH is 1. The predicted octanol–water partition coefficient (Wildman–Crippen LogP) is 0.723. The van der Waals surface area contributed by atoms with E-state index in [0.717, 1.165) is 5.69 Å². The summed E-state index contributed by atoms with van der Waals surface area (Å²) in [4.78, 5) is 13.1. The Labute approximate surface area is 110 Å². The standard InChI is InChI=1S/C12H15N5O2/c1-16(8-9-18)12(19)14-10-2-4-11(5-3-10)17-7-6-13-15-17/h2-7,18H,8-9H2,1H3,(H,14,19). The highest BCUT2D eigenvalue weighted by molar-refractivity contribution is 5.89. The van der Waals surface area contributed by atoms with E-state index in [1.165, 1.54) is 4.90 Å². The molecule has 0 atom stereocenters. The molecule has 19 heavy (non-hydrogen) atoms. The summed E-state index contributed by atoms with van der Waals surface area (Å²) < 4.78 is 1.63. The lowest BCUT2D eigenvalue weighted by Crippen LogP contribution is -2.33. The molecular weight excluding hydrogens is 246 g/mol. The van der Waals surface area contributed by atoms with Crippen molar-refractivity contribution in [2.75, 3.05) is 25.5 Å². The average molecular weight is 261 g/mol. The fourth-order valence-electron chi connectivity index (χ4n) is 1.51. The Morgan fingerprint density at radius 1 is 1.42 bits per heavy atom. The van der Waals surface area contributed by atoms with E-state index in [-0.39, 0.29) is 12.6 Å². The molecule has 100 valence electrons. The largest absolute Gasteiger partial charge is 0.395 e. The van der Waals surface area contributed by atoms with Crippen molar-refractivity contribution < 1.29 is 9.90 Å². The Balaban J connectivity index is 2.01. The summed E-state index contributed by atoms with van der Waals surface area (Å²) >= 11 is 0. The van der Waals surface area contributed by atoms with E-state index in [4.69, 9.17) is 5.11 Å². The molecule has 1 heterocycles. The van der Waals surface area contributed by atoms with Gasteiger partial charge in [-0.3, -0.25) is 0 Å². The number of carbonyl (C=O) groups excluding carboxylic acids is 1. The van der Waals surface area contributed by atoms with E-state index in [0.29, 0.717) is 12.2 Å². The third-order valence-corrected chi connectivity index (χ3v) is 2.59. The Morgan fingerprint density at radius 3 is 2.74 bits per heavy atom. The van der Waals surface area contributed by atoms with Gasteiger partial charge in [0.1, 0.15) is 0 Å². The van der Waals surface area contributed by atoms with E-state index >= 15 is 0 Å². The molecule has 0 fully saturated rings. The monoisotopic (exact) mass is 261 g/mol. The van der Waals surface area contributed by atoms with Crippen LogP contribution >= 0.6 is 0 Å². The molecule has 7 heteroatoms. The number of hydrogen-bond donors (Lipinski definition) is 2. The third-order valence-electron chi connectivity index (χ3n) is 2.59. The van der Waals surface area contributed by atoms with Crippen LogP contribution in [0.5, 0.6) is 0 Å². The number of urea groups is 1. The van der Waals surface area contributed by atoms with Crippen LogP contribution in [0.1, 0.15) is 0 Å². The van der Waals surface area contributed by atoms with Crippen molar-refractivity contribution >= 4 is 11.7 Å². The second-order valence-corrected chi connectivity index (χ2v) is 3.97. The fourth-order valence-corrected chi connectivity index (χ4v) is 1.51. The lowest BCUT2D eigenvalue weighted by atomic mass is 10.3. The number of nitrogens with zero attached hydrogens (tertiary/aromatic N) is 4. The minimum Gasteiger partial charge on any atom is -0.395 e. The molecule has 2 N–H and O–H groups in total. The van der Waals surface area contributed by atoms with Crippen LogP contribution in [-0.4, -0.2) is 51.2 Å². The van der Waals surface area contributed by atoms with Gasteiger partial charge in [0.05, 0.1) is 24.7 Å². The first-order chi connectivity index (χ1) is 9.20. The van der Waals surface area contributed by atoms with Crippen molar-refractivity contribution in [1.29, 1.82) is 0 Å². The Bertz CT molecular complexity index is 524. The number of rotatable bonds is 4. The number of nitrogens with one attached hydrogen (secondary N) is 1. The Hall–Kier alpha value is -2.41. The number of anilines is 1. The van der Waals surface area contributed by atoms with E-state index in [1.807, 2.05) is 12.1 Å². The van der Waals surface area contributed by atoms with Crippen molar-refractivity contribution in [2.24, 2.45) is 0 Å². The van der Waals surface area contributed by atoms with E-state index < -0.39 is 0 Å². The smallest absolute Gasteiger partial charge is 0.321 e. The molecule has 2 amide bonds. The van der Waals surface area contributed by atoms with Crippen molar-refractivity contribution in [1.82, 2.24) is 19.9 Å². The lowest BCUT2D eigenvalue weighted by Gasteiger charge is -2.16. The quantitative estimate of drug-likeness (QED) is 0.849. The first-order valence-corrected chi connectivity index (χ1v) is 5.80. The zero-order valence-electron chi connectivity index (χ0n) is 10.5. The molecule has 0 saturated carbocycles. The van der Waals surface area contributed by atoms with E-state index in [9.17, 15) is 4.79 Å². The minimum atomic E-state index is -0.262. The molecule has 7 nitrogen and oxygen atoms in total. The molecule has 0 aliphatic carbocycles. The SMILES string of the molecule is CN(CCO)C(=O)Nc1ccc(-n2ccnn2)cc1. The summed E-state index contributed by atoms with van der Waals surface area (Å²) in [7, 11) is 1.62. The van der Waals surface area contributed by atoms with Crippen LogP contribution in [0, 0.1) is 0 Å². The molecule has 2 rings (SSSR count). The van der Waals surface area contributed by atoms with Gasteiger partial charge in [0.15, 0.2) is 0 Å². The van der Waals surface area contributed by atoms with Crippen molar-refractivity contribution in [2.45, 2.75) is 0 Å². The highest BCUT2D eigenvalue weighted by Crippen LogP contribution is 2.12. The van der Waals surface area contributed by atoms with Gasteiger partial charge < -0.3 is 15.3 Å². The van der Waals surface area contributed by atoms with Gasteiger partial charge in [-0.15, -0.1) is 5.10 Å². The average Bonchev–Trinajstić information content (AvgIpc) is 2.94. The number of likely N-dealkylation sites (N-methyl/N-ethyl adjacent to an activating group) is 1. The van der Waals surface area contributed by atoms with Crippen LogP contribution < -0.4 is 5.32 Å². The highest BCUT2D eigenvalue weighted by Gasteiger charge is 2.07. The van der Waals surface area contributed by atoms with E-state index in [2.05, 4.69) is 15.6 Å².